The van der Waals surface area contributed by atoms with Crippen molar-refractivity contribution < 1.29 is 4.39 Å². The summed E-state index contributed by atoms with van der Waals surface area (Å²) in [6.45, 7) is 4.88. The monoisotopic (exact) mass is 249 g/mol. The van der Waals surface area contributed by atoms with Gasteiger partial charge in [-0.05, 0) is 45.4 Å². The van der Waals surface area contributed by atoms with Crippen molar-refractivity contribution in [3.63, 3.8) is 0 Å². The minimum Gasteiger partial charge on any atom is -0.330 e. The van der Waals surface area contributed by atoms with E-state index in [9.17, 15) is 4.39 Å². The number of aryl methyl sites for hydroxylation is 1. The molecule has 2 aromatic rings. The number of halogens is 1. The third-order valence-electron chi connectivity index (χ3n) is 3.11. The molecule has 1 aromatic carbocycles. The van der Waals surface area contributed by atoms with E-state index < -0.39 is 0 Å². The maximum atomic E-state index is 13.7. The van der Waals surface area contributed by atoms with Crippen LogP contribution in [-0.2, 0) is 6.42 Å². The van der Waals surface area contributed by atoms with Gasteiger partial charge in [0.05, 0.1) is 5.52 Å². The zero-order chi connectivity index (χ0) is 13.1. The van der Waals surface area contributed by atoms with Gasteiger partial charge in [-0.2, -0.15) is 0 Å². The molecule has 3 nitrogen and oxygen atoms in total. The van der Waals surface area contributed by atoms with Crippen molar-refractivity contribution in [3.05, 3.63) is 29.8 Å². The Hall–Kier alpha value is -1.42. The van der Waals surface area contributed by atoms with Crippen molar-refractivity contribution in [2.24, 2.45) is 5.73 Å². The van der Waals surface area contributed by atoms with Gasteiger partial charge in [0, 0.05) is 12.5 Å². The lowest BCUT2D eigenvalue weighted by Gasteiger charge is -2.12. The lowest BCUT2D eigenvalue weighted by atomic mass is 10.2. The Morgan fingerprint density at radius 1 is 1.33 bits per heavy atom. The van der Waals surface area contributed by atoms with E-state index in [0.29, 0.717) is 12.1 Å². The number of benzene rings is 1. The van der Waals surface area contributed by atoms with Gasteiger partial charge in [-0.25, -0.2) is 9.37 Å². The highest BCUT2D eigenvalue weighted by molar-refractivity contribution is 5.76. The summed E-state index contributed by atoms with van der Waals surface area (Å²) >= 11 is 0. The molecule has 0 saturated heterocycles. The van der Waals surface area contributed by atoms with Crippen LogP contribution in [0.15, 0.2) is 18.2 Å². The van der Waals surface area contributed by atoms with E-state index in [1.54, 1.807) is 6.07 Å². The van der Waals surface area contributed by atoms with Gasteiger partial charge < -0.3 is 10.3 Å². The number of nitrogens with two attached hydrogens (primary N) is 1. The van der Waals surface area contributed by atoms with Gasteiger partial charge in [-0.1, -0.05) is 6.07 Å². The number of nitrogens with zero attached hydrogens (tertiary/aromatic N) is 2. The van der Waals surface area contributed by atoms with E-state index in [4.69, 9.17) is 5.73 Å². The fraction of sp³-hybridized carbons (Fsp3) is 0.500. The smallest absolute Gasteiger partial charge is 0.151 e. The van der Waals surface area contributed by atoms with Gasteiger partial charge in [0.2, 0.25) is 0 Å². The second kappa shape index (κ2) is 5.48. The van der Waals surface area contributed by atoms with Gasteiger partial charge in [-0.15, -0.1) is 0 Å². The molecule has 0 radical (unpaired) electrons. The van der Waals surface area contributed by atoms with Crippen LogP contribution in [-0.4, -0.2) is 16.1 Å². The van der Waals surface area contributed by atoms with Crippen LogP contribution >= 0.6 is 0 Å². The fourth-order valence-electron chi connectivity index (χ4n) is 2.31. The SMILES string of the molecule is CC(C)n1c(CCCCN)nc2c(F)cccc21. The van der Waals surface area contributed by atoms with Crippen molar-refractivity contribution in [1.29, 1.82) is 0 Å². The summed E-state index contributed by atoms with van der Waals surface area (Å²) < 4.78 is 15.9. The normalized spacial score (nSPS) is 11.6. The van der Waals surface area contributed by atoms with Crippen molar-refractivity contribution in [3.8, 4) is 0 Å². The van der Waals surface area contributed by atoms with Crippen molar-refractivity contribution in [1.82, 2.24) is 9.55 Å². The van der Waals surface area contributed by atoms with Crippen LogP contribution in [0.5, 0.6) is 0 Å². The van der Waals surface area contributed by atoms with Crippen LogP contribution in [0.4, 0.5) is 4.39 Å². The summed E-state index contributed by atoms with van der Waals surface area (Å²) in [6.07, 6.45) is 2.82. The summed E-state index contributed by atoms with van der Waals surface area (Å²) in [7, 11) is 0. The number of hydrogen-bond donors (Lipinski definition) is 1. The Balaban J connectivity index is 2.44. The number of fused-ring (bicyclic) bond motifs is 1. The Kier molecular flexibility index (Phi) is 3.97. The number of para-hydroxylation sites is 1. The molecule has 0 fully saturated rings. The van der Waals surface area contributed by atoms with Gasteiger partial charge >= 0.3 is 0 Å². The molecule has 0 aliphatic carbocycles. The van der Waals surface area contributed by atoms with E-state index in [1.807, 2.05) is 6.07 Å². The zero-order valence-corrected chi connectivity index (χ0v) is 11.0. The molecule has 0 aliphatic heterocycles. The Bertz CT molecular complexity index is 531. The molecule has 0 amide bonds. The summed E-state index contributed by atoms with van der Waals surface area (Å²) in [5.41, 5.74) is 6.87. The molecule has 18 heavy (non-hydrogen) atoms. The van der Waals surface area contributed by atoms with E-state index in [2.05, 4.69) is 23.4 Å². The van der Waals surface area contributed by atoms with E-state index >= 15 is 0 Å². The van der Waals surface area contributed by atoms with Gasteiger partial charge in [0.15, 0.2) is 5.82 Å². The number of imidazole rings is 1. The maximum absolute atomic E-state index is 13.7. The first kappa shape index (κ1) is 13.0. The van der Waals surface area contributed by atoms with Crippen LogP contribution in [0.25, 0.3) is 11.0 Å². The predicted molar refractivity (Wildman–Crippen MR) is 72.1 cm³/mol. The average Bonchev–Trinajstić information content (AvgIpc) is 2.69. The van der Waals surface area contributed by atoms with Crippen molar-refractivity contribution in [2.75, 3.05) is 6.54 Å². The molecule has 4 heteroatoms. The Morgan fingerprint density at radius 3 is 2.78 bits per heavy atom. The Labute approximate surface area is 107 Å². The fourth-order valence-corrected chi connectivity index (χ4v) is 2.31. The molecule has 0 aliphatic rings. The Morgan fingerprint density at radius 2 is 2.11 bits per heavy atom. The minimum absolute atomic E-state index is 0.244. The van der Waals surface area contributed by atoms with Crippen LogP contribution < -0.4 is 5.73 Å². The molecule has 2 N–H and O–H groups in total. The topological polar surface area (TPSA) is 43.8 Å². The molecule has 0 unspecified atom stereocenters. The highest BCUT2D eigenvalue weighted by Gasteiger charge is 2.15. The first-order valence-corrected chi connectivity index (χ1v) is 6.50. The van der Waals surface area contributed by atoms with Gasteiger partial charge in [-0.3, -0.25) is 0 Å². The molecule has 0 atom stereocenters. The van der Waals surface area contributed by atoms with Gasteiger partial charge in [0.25, 0.3) is 0 Å². The molecular formula is C14H20FN3. The molecule has 0 bridgehead atoms. The lowest BCUT2D eigenvalue weighted by molar-refractivity contribution is 0.571. The van der Waals surface area contributed by atoms with Crippen LogP contribution in [0, 0.1) is 5.82 Å². The summed E-state index contributed by atoms with van der Waals surface area (Å²) in [4.78, 5) is 4.45. The number of hydrogen-bond acceptors (Lipinski definition) is 2. The standard InChI is InChI=1S/C14H20FN3/c1-10(2)18-12-7-5-6-11(15)14(12)17-13(18)8-3-4-9-16/h5-7,10H,3-4,8-9,16H2,1-2H3. The quantitative estimate of drug-likeness (QED) is 0.828. The molecule has 2 rings (SSSR count). The van der Waals surface area contributed by atoms with Gasteiger partial charge in [0.1, 0.15) is 11.3 Å². The lowest BCUT2D eigenvalue weighted by Crippen LogP contribution is -2.07. The van der Waals surface area contributed by atoms with Crippen LogP contribution in [0.2, 0.25) is 0 Å². The maximum Gasteiger partial charge on any atom is 0.151 e. The van der Waals surface area contributed by atoms with E-state index in [1.165, 1.54) is 6.07 Å². The van der Waals surface area contributed by atoms with Crippen molar-refractivity contribution in [2.45, 2.75) is 39.2 Å². The third kappa shape index (κ3) is 2.38. The largest absolute Gasteiger partial charge is 0.330 e. The summed E-state index contributed by atoms with van der Waals surface area (Å²) in [6, 6.07) is 5.41. The molecule has 1 aromatic heterocycles. The molecule has 1 heterocycles. The first-order chi connectivity index (χ1) is 8.65. The molecule has 0 saturated carbocycles. The second-order valence-electron chi connectivity index (χ2n) is 4.85. The molecule has 0 spiro atoms. The molecule has 98 valence electrons. The summed E-state index contributed by atoms with van der Waals surface area (Å²) in [5, 5.41) is 0. The highest BCUT2D eigenvalue weighted by Crippen LogP contribution is 2.24. The summed E-state index contributed by atoms with van der Waals surface area (Å²) in [5.74, 6) is 0.713. The zero-order valence-electron chi connectivity index (χ0n) is 11.0. The third-order valence-corrected chi connectivity index (χ3v) is 3.11. The second-order valence-corrected chi connectivity index (χ2v) is 4.85. The highest BCUT2D eigenvalue weighted by atomic mass is 19.1. The first-order valence-electron chi connectivity index (χ1n) is 6.50. The van der Waals surface area contributed by atoms with E-state index in [0.717, 1.165) is 30.6 Å². The number of aromatic nitrogens is 2. The van der Waals surface area contributed by atoms with E-state index in [-0.39, 0.29) is 11.9 Å². The van der Waals surface area contributed by atoms with Crippen molar-refractivity contribution >= 4 is 11.0 Å². The average molecular weight is 249 g/mol. The van der Waals surface area contributed by atoms with Crippen LogP contribution in [0.3, 0.4) is 0 Å². The number of rotatable bonds is 5. The molecular weight excluding hydrogens is 229 g/mol. The predicted octanol–water partition coefficient (Wildman–Crippen LogP) is 3.04. The minimum atomic E-state index is -0.244. The number of unbranched alkanes of at least 4 members (excludes halogenated alkanes) is 1. The van der Waals surface area contributed by atoms with Crippen LogP contribution in [0.1, 0.15) is 38.6 Å².